The molecule has 0 radical (unpaired) electrons. The van der Waals surface area contributed by atoms with Crippen LogP contribution in [0.5, 0.6) is 0 Å². The first kappa shape index (κ1) is 27.4. The summed E-state index contributed by atoms with van der Waals surface area (Å²) in [6.45, 7) is 1.65. The highest BCUT2D eigenvalue weighted by Crippen LogP contribution is 2.22. The van der Waals surface area contributed by atoms with Crippen molar-refractivity contribution in [2.24, 2.45) is 0 Å². The fraction of sp³-hybridized carbons (Fsp3) is 0.188. The first-order chi connectivity index (χ1) is 19.9. The van der Waals surface area contributed by atoms with Crippen LogP contribution in [0.4, 0.5) is 17.1 Å². The summed E-state index contributed by atoms with van der Waals surface area (Å²) < 4.78 is 1.55. The molecule has 2 amide bonds. The van der Waals surface area contributed by atoms with Crippen LogP contribution >= 0.6 is 0 Å². The number of rotatable bonds is 8. The van der Waals surface area contributed by atoms with Crippen molar-refractivity contribution in [2.75, 3.05) is 28.6 Å². The first-order valence-corrected chi connectivity index (χ1v) is 13.3. The van der Waals surface area contributed by atoms with Crippen LogP contribution in [0.15, 0.2) is 91.1 Å². The van der Waals surface area contributed by atoms with E-state index in [1.165, 1.54) is 0 Å². The first-order valence-electron chi connectivity index (χ1n) is 13.3. The molecule has 4 aromatic rings. The Morgan fingerprint density at radius 1 is 0.780 bits per heavy atom. The Hall–Kier alpha value is -5.20. The Morgan fingerprint density at radius 2 is 1.32 bits per heavy atom. The summed E-state index contributed by atoms with van der Waals surface area (Å²) in [7, 11) is 0. The molecule has 1 fully saturated rings. The molecule has 1 aromatic heterocycles. The van der Waals surface area contributed by atoms with Gasteiger partial charge in [-0.2, -0.15) is 5.26 Å². The maximum absolute atomic E-state index is 13.0. The molecule has 0 aliphatic carbocycles. The van der Waals surface area contributed by atoms with Gasteiger partial charge in [-0.25, -0.2) is 0 Å². The number of piperidine rings is 1. The summed E-state index contributed by atoms with van der Waals surface area (Å²) in [6, 6.07) is 26.0. The average Bonchev–Trinajstić information content (AvgIpc) is 3.47. The van der Waals surface area contributed by atoms with Crippen molar-refractivity contribution in [3.8, 4) is 6.07 Å². The molecule has 3 aromatic carbocycles. The van der Waals surface area contributed by atoms with Gasteiger partial charge in [-0.3, -0.25) is 14.4 Å². The Bertz CT molecular complexity index is 1580. The summed E-state index contributed by atoms with van der Waals surface area (Å²) in [6.07, 6.45) is 2.91. The molecule has 1 aliphatic rings. The van der Waals surface area contributed by atoms with Gasteiger partial charge in [0.2, 0.25) is 0 Å². The molecular formula is C32H29N5O4. The van der Waals surface area contributed by atoms with Gasteiger partial charge in [-0.1, -0.05) is 0 Å². The van der Waals surface area contributed by atoms with Gasteiger partial charge in [0, 0.05) is 53.0 Å². The topological polar surface area (TPSA) is 127 Å². The maximum Gasteiger partial charge on any atom is 0.272 e. The molecule has 206 valence electrons. The van der Waals surface area contributed by atoms with E-state index in [0.29, 0.717) is 33.8 Å². The molecule has 0 saturated carbocycles. The Balaban J connectivity index is 1.16. The molecule has 5 rings (SSSR count). The number of aromatic nitrogens is 1. The standard InChI is InChI=1S/C32H29N5O4/c33-17-21-37-18-1-2-29(37)32(41)35-26-11-5-23(6-12-26)30(39)22-3-9-25(10-4-22)34-31(40)24-7-13-27(14-8-24)36-19-15-28(38)16-20-36/h1-14,18,28,38H,15-16,19-21H2,(H,34,40)(H,35,41). The van der Waals surface area contributed by atoms with Crippen LogP contribution in [0, 0.1) is 11.3 Å². The van der Waals surface area contributed by atoms with Crippen molar-refractivity contribution >= 4 is 34.7 Å². The maximum atomic E-state index is 13.0. The van der Waals surface area contributed by atoms with E-state index in [0.717, 1.165) is 31.6 Å². The van der Waals surface area contributed by atoms with Crippen LogP contribution in [0.3, 0.4) is 0 Å². The van der Waals surface area contributed by atoms with E-state index >= 15 is 0 Å². The average molecular weight is 548 g/mol. The van der Waals surface area contributed by atoms with E-state index in [-0.39, 0.29) is 30.2 Å². The number of aliphatic hydroxyl groups excluding tert-OH is 1. The molecule has 0 bridgehead atoms. The number of hydrogen-bond donors (Lipinski definition) is 3. The lowest BCUT2D eigenvalue weighted by atomic mass is 10.0. The van der Waals surface area contributed by atoms with E-state index in [9.17, 15) is 19.5 Å². The number of ketones is 1. The van der Waals surface area contributed by atoms with Gasteiger partial charge in [-0.05, 0) is 97.8 Å². The molecule has 9 nitrogen and oxygen atoms in total. The number of benzene rings is 3. The number of aliphatic hydroxyl groups is 1. The zero-order chi connectivity index (χ0) is 28.8. The summed E-state index contributed by atoms with van der Waals surface area (Å²) in [5, 5.41) is 24.2. The quantitative estimate of drug-likeness (QED) is 0.274. The Morgan fingerprint density at radius 3 is 1.88 bits per heavy atom. The van der Waals surface area contributed by atoms with Crippen LogP contribution in [0.1, 0.15) is 49.6 Å². The monoisotopic (exact) mass is 547 g/mol. The van der Waals surface area contributed by atoms with Gasteiger partial charge >= 0.3 is 0 Å². The zero-order valence-electron chi connectivity index (χ0n) is 22.3. The number of nitrogens with one attached hydrogen (secondary N) is 2. The van der Waals surface area contributed by atoms with Crippen LogP contribution in [0.2, 0.25) is 0 Å². The summed E-state index contributed by atoms with van der Waals surface area (Å²) in [5.41, 5.74) is 3.93. The van der Waals surface area contributed by atoms with Crippen molar-refractivity contribution < 1.29 is 19.5 Å². The van der Waals surface area contributed by atoms with Crippen molar-refractivity contribution in [3.05, 3.63) is 114 Å². The second kappa shape index (κ2) is 12.3. The third-order valence-electron chi connectivity index (χ3n) is 7.07. The van der Waals surface area contributed by atoms with E-state index in [4.69, 9.17) is 5.26 Å². The summed E-state index contributed by atoms with van der Waals surface area (Å²) >= 11 is 0. The summed E-state index contributed by atoms with van der Waals surface area (Å²) in [4.78, 5) is 40.5. The van der Waals surface area contributed by atoms with Gasteiger partial charge < -0.3 is 25.2 Å². The van der Waals surface area contributed by atoms with E-state index in [1.807, 2.05) is 18.2 Å². The second-order valence-electron chi connectivity index (χ2n) is 9.84. The van der Waals surface area contributed by atoms with Gasteiger partial charge in [-0.15, -0.1) is 0 Å². The molecule has 2 heterocycles. The third-order valence-corrected chi connectivity index (χ3v) is 7.07. The zero-order valence-corrected chi connectivity index (χ0v) is 22.3. The molecule has 3 N–H and O–H groups in total. The normalized spacial score (nSPS) is 13.3. The number of carbonyl (C=O) groups excluding carboxylic acids is 3. The highest BCUT2D eigenvalue weighted by molar-refractivity contribution is 6.10. The molecule has 9 heteroatoms. The number of hydrogen-bond acceptors (Lipinski definition) is 6. The Kier molecular flexibility index (Phi) is 8.23. The van der Waals surface area contributed by atoms with Crippen LogP contribution in [-0.4, -0.2) is 46.5 Å². The van der Waals surface area contributed by atoms with Gasteiger partial charge in [0.25, 0.3) is 11.8 Å². The van der Waals surface area contributed by atoms with Gasteiger partial charge in [0.15, 0.2) is 5.78 Å². The van der Waals surface area contributed by atoms with Crippen molar-refractivity contribution in [3.63, 3.8) is 0 Å². The van der Waals surface area contributed by atoms with Crippen LogP contribution in [0.25, 0.3) is 0 Å². The molecule has 1 saturated heterocycles. The fourth-order valence-corrected chi connectivity index (χ4v) is 4.76. The molecule has 0 atom stereocenters. The number of nitriles is 1. The smallest absolute Gasteiger partial charge is 0.272 e. The molecule has 1 aliphatic heterocycles. The van der Waals surface area contributed by atoms with Crippen molar-refractivity contribution in [1.82, 2.24) is 4.57 Å². The van der Waals surface area contributed by atoms with Gasteiger partial charge in [0.05, 0.1) is 12.2 Å². The lowest BCUT2D eigenvalue weighted by molar-refractivity contribution is 0.101. The summed E-state index contributed by atoms with van der Waals surface area (Å²) in [5.74, 6) is -0.785. The minimum Gasteiger partial charge on any atom is -0.393 e. The molecule has 0 spiro atoms. The second-order valence-corrected chi connectivity index (χ2v) is 9.84. The lowest BCUT2D eigenvalue weighted by Crippen LogP contribution is -2.35. The predicted octanol–water partition coefficient (Wildman–Crippen LogP) is 4.71. The number of nitrogens with zero attached hydrogens (tertiary/aromatic N) is 3. The highest BCUT2D eigenvalue weighted by Gasteiger charge is 2.18. The van der Waals surface area contributed by atoms with Crippen molar-refractivity contribution in [2.45, 2.75) is 25.5 Å². The number of amides is 2. The Labute approximate surface area is 237 Å². The SMILES string of the molecule is N#CCn1cccc1C(=O)Nc1ccc(C(=O)c2ccc(NC(=O)c3ccc(N4CCC(O)CC4)cc3)cc2)cc1. The molecular weight excluding hydrogens is 518 g/mol. The highest BCUT2D eigenvalue weighted by atomic mass is 16.3. The third kappa shape index (κ3) is 6.52. The number of carbonyl (C=O) groups is 3. The minimum atomic E-state index is -0.347. The van der Waals surface area contributed by atoms with Crippen molar-refractivity contribution in [1.29, 1.82) is 5.26 Å². The van der Waals surface area contributed by atoms with Crippen LogP contribution < -0.4 is 15.5 Å². The van der Waals surface area contributed by atoms with Crippen LogP contribution in [-0.2, 0) is 6.54 Å². The molecule has 0 unspecified atom stereocenters. The largest absolute Gasteiger partial charge is 0.393 e. The predicted molar refractivity (Wildman–Crippen MR) is 156 cm³/mol. The minimum absolute atomic E-state index is 0.0741. The van der Waals surface area contributed by atoms with E-state index in [2.05, 4.69) is 15.5 Å². The van der Waals surface area contributed by atoms with E-state index in [1.54, 1.807) is 83.6 Å². The number of anilines is 3. The van der Waals surface area contributed by atoms with Gasteiger partial charge in [0.1, 0.15) is 12.2 Å². The molecule has 41 heavy (non-hydrogen) atoms. The fourth-order valence-electron chi connectivity index (χ4n) is 4.76. The lowest BCUT2D eigenvalue weighted by Gasteiger charge is -2.31. The van der Waals surface area contributed by atoms with E-state index < -0.39 is 0 Å².